The molecule has 3 amide bonds. The van der Waals surface area contributed by atoms with E-state index in [2.05, 4.69) is 47.0 Å². The number of fused-ring (bicyclic) bond motifs is 4. The molecule has 2 N–H and O–H groups in total. The molecule has 8 rings (SSSR count). The zero-order valence-electron chi connectivity index (χ0n) is 31.3. The van der Waals surface area contributed by atoms with Crippen molar-refractivity contribution in [3.63, 3.8) is 0 Å². The number of nitrogens with zero attached hydrogens (tertiary/aromatic N) is 4. The van der Waals surface area contributed by atoms with E-state index in [1.807, 2.05) is 77.7 Å². The summed E-state index contributed by atoms with van der Waals surface area (Å²) in [5.74, 6) is -0.512. The highest BCUT2D eigenvalue weighted by atomic mass is 16.2. The van der Waals surface area contributed by atoms with Gasteiger partial charge in [-0.05, 0) is 74.1 Å². The third kappa shape index (κ3) is 7.93. The Labute approximate surface area is 326 Å². The first kappa shape index (κ1) is 36.4. The van der Waals surface area contributed by atoms with Gasteiger partial charge in [-0.1, -0.05) is 84.9 Å². The summed E-state index contributed by atoms with van der Waals surface area (Å²) in [4.78, 5) is 50.9. The highest BCUT2D eigenvalue weighted by molar-refractivity contribution is 6.28. The van der Waals surface area contributed by atoms with Crippen LogP contribution in [0.2, 0.25) is 0 Å². The minimum Gasteiger partial charge on any atom is -0.384 e. The van der Waals surface area contributed by atoms with Gasteiger partial charge in [0.15, 0.2) is 0 Å². The summed E-state index contributed by atoms with van der Waals surface area (Å²) in [6.45, 7) is 2.83. The predicted molar refractivity (Wildman–Crippen MR) is 227 cm³/mol. The van der Waals surface area contributed by atoms with Gasteiger partial charge in [0.05, 0.1) is 39.1 Å². The molecule has 9 nitrogen and oxygen atoms in total. The SMILES string of the molecule is O=C(CCCc1ccc(N2C(=O)C=CC2=O)cc1)N(CCCCNc1c2ccccc2nc2ccccc12)CCCNc1c2ccccc2nc2ccccc12. The van der Waals surface area contributed by atoms with Crippen molar-refractivity contribution in [2.24, 2.45) is 0 Å². The molecule has 0 saturated heterocycles. The Morgan fingerprint density at radius 3 is 1.48 bits per heavy atom. The maximum Gasteiger partial charge on any atom is 0.258 e. The number of rotatable bonds is 16. The van der Waals surface area contributed by atoms with Crippen LogP contribution in [0, 0.1) is 0 Å². The zero-order valence-corrected chi connectivity index (χ0v) is 31.3. The molecule has 0 atom stereocenters. The average Bonchev–Trinajstić information content (AvgIpc) is 3.57. The molecule has 3 heterocycles. The van der Waals surface area contributed by atoms with E-state index in [-0.39, 0.29) is 17.7 Å². The van der Waals surface area contributed by atoms with Crippen molar-refractivity contribution >= 4 is 78.4 Å². The lowest BCUT2D eigenvalue weighted by Gasteiger charge is -2.24. The lowest BCUT2D eigenvalue weighted by Crippen LogP contribution is -2.34. The van der Waals surface area contributed by atoms with Crippen LogP contribution in [-0.4, -0.2) is 58.8 Å². The molecular formula is C47H44N6O3. The number of hydrogen-bond donors (Lipinski definition) is 2. The number of aromatic nitrogens is 2. The third-order valence-electron chi connectivity index (χ3n) is 10.5. The van der Waals surface area contributed by atoms with E-state index >= 15 is 0 Å². The summed E-state index contributed by atoms with van der Waals surface area (Å²) >= 11 is 0. The summed E-state index contributed by atoms with van der Waals surface area (Å²) in [5.41, 5.74) is 7.64. The molecule has 0 unspecified atom stereocenters. The van der Waals surface area contributed by atoms with E-state index in [0.29, 0.717) is 31.6 Å². The Balaban J connectivity index is 0.902. The number of amides is 3. The maximum atomic E-state index is 13.8. The van der Waals surface area contributed by atoms with Gasteiger partial charge < -0.3 is 15.5 Å². The number of carbonyl (C=O) groups excluding carboxylic acids is 3. The summed E-state index contributed by atoms with van der Waals surface area (Å²) < 4.78 is 0. The second-order valence-corrected chi connectivity index (χ2v) is 14.2. The molecule has 280 valence electrons. The van der Waals surface area contributed by atoms with Crippen molar-refractivity contribution in [1.82, 2.24) is 14.9 Å². The van der Waals surface area contributed by atoms with Crippen molar-refractivity contribution in [1.29, 1.82) is 0 Å². The number of anilines is 3. The molecule has 56 heavy (non-hydrogen) atoms. The number of carbonyl (C=O) groups is 3. The number of hydrogen-bond acceptors (Lipinski definition) is 7. The van der Waals surface area contributed by atoms with Crippen LogP contribution < -0.4 is 15.5 Å². The number of benzene rings is 5. The van der Waals surface area contributed by atoms with E-state index in [4.69, 9.17) is 9.97 Å². The van der Waals surface area contributed by atoms with Crippen LogP contribution >= 0.6 is 0 Å². The topological polar surface area (TPSA) is 108 Å². The van der Waals surface area contributed by atoms with Gasteiger partial charge in [0.2, 0.25) is 5.91 Å². The van der Waals surface area contributed by atoms with Crippen LogP contribution in [-0.2, 0) is 20.8 Å². The maximum absolute atomic E-state index is 13.8. The van der Waals surface area contributed by atoms with Crippen LogP contribution in [0.3, 0.4) is 0 Å². The van der Waals surface area contributed by atoms with E-state index in [0.717, 1.165) is 104 Å². The molecule has 1 aliphatic rings. The smallest absolute Gasteiger partial charge is 0.258 e. The highest BCUT2D eigenvalue weighted by Crippen LogP contribution is 2.32. The van der Waals surface area contributed by atoms with Gasteiger partial charge in [-0.15, -0.1) is 0 Å². The summed E-state index contributed by atoms with van der Waals surface area (Å²) in [6, 6.07) is 40.3. The van der Waals surface area contributed by atoms with Crippen LogP contribution in [0.4, 0.5) is 17.1 Å². The third-order valence-corrected chi connectivity index (χ3v) is 10.5. The number of aryl methyl sites for hydroxylation is 1. The summed E-state index contributed by atoms with van der Waals surface area (Å²) in [7, 11) is 0. The quantitative estimate of drug-likeness (QED) is 0.0579. The number of nitrogens with one attached hydrogen (secondary N) is 2. The van der Waals surface area contributed by atoms with Gasteiger partial charge >= 0.3 is 0 Å². The van der Waals surface area contributed by atoms with E-state index in [1.165, 1.54) is 12.2 Å². The van der Waals surface area contributed by atoms with Gasteiger partial charge in [0, 0.05) is 66.3 Å². The second kappa shape index (κ2) is 16.8. The fourth-order valence-electron chi connectivity index (χ4n) is 7.61. The van der Waals surface area contributed by atoms with E-state index in [9.17, 15) is 14.4 Å². The number of unbranched alkanes of at least 4 members (excludes halogenated alkanes) is 1. The minimum absolute atomic E-state index is 0.153. The molecule has 0 fully saturated rings. The van der Waals surface area contributed by atoms with Crippen LogP contribution in [0.25, 0.3) is 43.6 Å². The molecule has 9 heteroatoms. The normalized spacial score (nSPS) is 12.7. The minimum atomic E-state index is -0.332. The Kier molecular flexibility index (Phi) is 10.9. The first-order valence-corrected chi connectivity index (χ1v) is 19.5. The van der Waals surface area contributed by atoms with Crippen molar-refractivity contribution in [2.75, 3.05) is 41.7 Å². The van der Waals surface area contributed by atoms with Gasteiger partial charge in [-0.25, -0.2) is 14.9 Å². The summed E-state index contributed by atoms with van der Waals surface area (Å²) in [5, 5.41) is 11.8. The molecule has 0 aliphatic carbocycles. The van der Waals surface area contributed by atoms with Gasteiger partial charge in [0.1, 0.15) is 0 Å². The number of para-hydroxylation sites is 4. The van der Waals surface area contributed by atoms with E-state index < -0.39 is 0 Å². The van der Waals surface area contributed by atoms with Gasteiger partial charge in [-0.3, -0.25) is 14.4 Å². The van der Waals surface area contributed by atoms with Crippen molar-refractivity contribution < 1.29 is 14.4 Å². The van der Waals surface area contributed by atoms with Crippen molar-refractivity contribution in [2.45, 2.75) is 38.5 Å². The standard InChI is InChI=1S/C47H44N6O3/c54-43(22-11-13-33-23-25-34(26-24-33)53-44(55)27-28-45(53)56)52(32-12-30-49-47-37-16-3-7-20-41(37)51-42-21-8-4-17-38(42)47)31-10-9-29-48-46-35-14-1-5-18-39(35)50-40-19-6-2-15-36(40)46/h1-8,14-21,23-28H,9-13,22,29-32H2,(H,48,50)(H,49,51). The largest absolute Gasteiger partial charge is 0.384 e. The second-order valence-electron chi connectivity index (χ2n) is 14.2. The number of pyridine rings is 2. The van der Waals surface area contributed by atoms with Crippen LogP contribution in [0.15, 0.2) is 133 Å². The van der Waals surface area contributed by atoms with Crippen LogP contribution in [0.5, 0.6) is 0 Å². The Morgan fingerprint density at radius 2 is 0.982 bits per heavy atom. The number of imide groups is 1. The fourth-order valence-corrected chi connectivity index (χ4v) is 7.61. The van der Waals surface area contributed by atoms with Gasteiger partial charge in [0.25, 0.3) is 11.8 Å². The Morgan fingerprint density at radius 1 is 0.536 bits per heavy atom. The first-order valence-electron chi connectivity index (χ1n) is 19.5. The van der Waals surface area contributed by atoms with Crippen molar-refractivity contribution in [3.8, 4) is 0 Å². The Bertz CT molecular complexity index is 2460. The molecule has 1 aliphatic heterocycles. The monoisotopic (exact) mass is 740 g/mol. The molecule has 0 saturated carbocycles. The lowest BCUT2D eigenvalue weighted by molar-refractivity contribution is -0.131. The molecule has 5 aromatic carbocycles. The van der Waals surface area contributed by atoms with Crippen LogP contribution in [0.1, 0.15) is 37.7 Å². The average molecular weight is 741 g/mol. The summed E-state index contributed by atoms with van der Waals surface area (Å²) in [6.07, 6.45) is 7.02. The molecule has 0 spiro atoms. The Hall–Kier alpha value is -6.61. The molecule has 7 aromatic rings. The fraction of sp³-hybridized carbons (Fsp3) is 0.213. The predicted octanol–water partition coefficient (Wildman–Crippen LogP) is 9.06. The highest BCUT2D eigenvalue weighted by Gasteiger charge is 2.25. The zero-order chi connectivity index (χ0) is 38.3. The molecular weight excluding hydrogens is 697 g/mol. The first-order chi connectivity index (χ1) is 27.5. The molecule has 0 bridgehead atoms. The molecule has 0 radical (unpaired) electrons. The lowest BCUT2D eigenvalue weighted by atomic mass is 10.1. The van der Waals surface area contributed by atoms with Gasteiger partial charge in [-0.2, -0.15) is 0 Å². The van der Waals surface area contributed by atoms with Crippen molar-refractivity contribution in [3.05, 3.63) is 139 Å². The molecule has 2 aromatic heterocycles. The van der Waals surface area contributed by atoms with E-state index in [1.54, 1.807) is 12.1 Å².